The Morgan fingerprint density at radius 2 is 2.19 bits per heavy atom. The number of rotatable bonds is 4. The molecule has 1 aromatic heterocycles. The first-order chi connectivity index (χ1) is 7.70. The van der Waals surface area contributed by atoms with Gasteiger partial charge in [0, 0.05) is 17.6 Å². The maximum atomic E-state index is 11.8. The van der Waals surface area contributed by atoms with Gasteiger partial charge in [0.25, 0.3) is 0 Å². The summed E-state index contributed by atoms with van der Waals surface area (Å²) in [4.78, 5) is 11.8. The second-order valence-corrected chi connectivity index (χ2v) is 4.80. The Morgan fingerprint density at radius 3 is 2.94 bits per heavy atom. The van der Waals surface area contributed by atoms with Gasteiger partial charge in [-0.1, -0.05) is 11.6 Å². The van der Waals surface area contributed by atoms with Crippen LogP contribution in [0.3, 0.4) is 0 Å². The number of aryl methyl sites for hydroxylation is 1. The number of ketones is 1. The van der Waals surface area contributed by atoms with Crippen LogP contribution in [0, 0.1) is 6.92 Å². The largest absolute Gasteiger partial charge is 0.453 e. The molecular weight excluding hydrogens is 220 g/mol. The molecule has 2 rings (SSSR count). The Balaban J connectivity index is 2.28. The highest BCUT2D eigenvalue weighted by Gasteiger charge is 2.11. The number of thioether (sulfide) groups is 1. The number of benzene rings is 1. The third-order valence-electron chi connectivity index (χ3n) is 2.48. The zero-order valence-electron chi connectivity index (χ0n) is 9.45. The highest BCUT2D eigenvalue weighted by molar-refractivity contribution is 7.98. The molecule has 0 aliphatic carbocycles. The van der Waals surface area contributed by atoms with Gasteiger partial charge in [-0.2, -0.15) is 11.8 Å². The Kier molecular flexibility index (Phi) is 3.34. The van der Waals surface area contributed by atoms with Crippen LogP contribution in [0.15, 0.2) is 28.7 Å². The van der Waals surface area contributed by atoms with E-state index in [1.807, 2.05) is 37.4 Å². The summed E-state index contributed by atoms with van der Waals surface area (Å²) < 4.78 is 5.52. The predicted octanol–water partition coefficient (Wildman–Crippen LogP) is 3.68. The van der Waals surface area contributed by atoms with Gasteiger partial charge in [0.15, 0.2) is 11.5 Å². The van der Waals surface area contributed by atoms with Crippen molar-refractivity contribution in [1.82, 2.24) is 0 Å². The van der Waals surface area contributed by atoms with E-state index in [2.05, 4.69) is 0 Å². The van der Waals surface area contributed by atoms with Gasteiger partial charge in [0.2, 0.25) is 0 Å². The summed E-state index contributed by atoms with van der Waals surface area (Å²) in [5, 5.41) is 1.01. The zero-order chi connectivity index (χ0) is 11.5. The van der Waals surface area contributed by atoms with E-state index in [0.29, 0.717) is 12.2 Å². The lowest BCUT2D eigenvalue weighted by molar-refractivity contribution is 0.0965. The first-order valence-electron chi connectivity index (χ1n) is 5.23. The van der Waals surface area contributed by atoms with E-state index in [-0.39, 0.29) is 5.78 Å². The van der Waals surface area contributed by atoms with E-state index in [9.17, 15) is 4.79 Å². The molecule has 0 fully saturated rings. The van der Waals surface area contributed by atoms with Gasteiger partial charge in [-0.05, 0) is 31.4 Å². The van der Waals surface area contributed by atoms with Crippen molar-refractivity contribution in [2.75, 3.05) is 12.0 Å². The molecule has 0 spiro atoms. The van der Waals surface area contributed by atoms with Crippen molar-refractivity contribution >= 4 is 28.5 Å². The molecular formula is C13H14O2S. The van der Waals surface area contributed by atoms with Gasteiger partial charge in [0.1, 0.15) is 5.58 Å². The van der Waals surface area contributed by atoms with Crippen LogP contribution in [-0.4, -0.2) is 17.8 Å². The lowest BCUT2D eigenvalue weighted by atomic mass is 10.1. The molecule has 1 aromatic carbocycles. The molecule has 0 aliphatic heterocycles. The van der Waals surface area contributed by atoms with E-state index >= 15 is 0 Å². The lowest BCUT2D eigenvalue weighted by Gasteiger charge is -1.93. The highest BCUT2D eigenvalue weighted by Crippen LogP contribution is 2.21. The monoisotopic (exact) mass is 234 g/mol. The SMILES string of the molecule is CSCCC(=O)c1cc2cc(C)ccc2o1. The molecule has 0 radical (unpaired) electrons. The van der Waals surface area contributed by atoms with Crippen LogP contribution in [0.5, 0.6) is 0 Å². The molecule has 84 valence electrons. The second-order valence-electron chi connectivity index (χ2n) is 3.82. The fourth-order valence-corrected chi connectivity index (χ4v) is 2.01. The van der Waals surface area contributed by atoms with Gasteiger partial charge in [-0.3, -0.25) is 4.79 Å². The molecule has 2 nitrogen and oxygen atoms in total. The van der Waals surface area contributed by atoms with Gasteiger partial charge < -0.3 is 4.42 Å². The molecule has 0 bridgehead atoms. The number of carbonyl (C=O) groups is 1. The summed E-state index contributed by atoms with van der Waals surface area (Å²) in [6.07, 6.45) is 2.54. The lowest BCUT2D eigenvalue weighted by Crippen LogP contribution is -1.97. The van der Waals surface area contributed by atoms with Crippen LogP contribution in [0.2, 0.25) is 0 Å². The van der Waals surface area contributed by atoms with E-state index in [1.165, 1.54) is 5.56 Å². The number of furan rings is 1. The average Bonchev–Trinajstić information content (AvgIpc) is 2.68. The smallest absolute Gasteiger partial charge is 0.198 e. The Labute approximate surface area is 99.0 Å². The third kappa shape index (κ3) is 2.30. The van der Waals surface area contributed by atoms with E-state index in [1.54, 1.807) is 11.8 Å². The molecule has 2 aromatic rings. The third-order valence-corrected chi connectivity index (χ3v) is 3.09. The predicted molar refractivity (Wildman–Crippen MR) is 68.3 cm³/mol. The maximum Gasteiger partial charge on any atom is 0.198 e. The Bertz CT molecular complexity index is 514. The highest BCUT2D eigenvalue weighted by atomic mass is 32.2. The fourth-order valence-electron chi connectivity index (χ4n) is 1.62. The summed E-state index contributed by atoms with van der Waals surface area (Å²) in [6.45, 7) is 2.03. The Hall–Kier alpha value is -1.22. The van der Waals surface area contributed by atoms with E-state index in [4.69, 9.17) is 4.42 Å². The number of hydrogen-bond acceptors (Lipinski definition) is 3. The summed E-state index contributed by atoms with van der Waals surface area (Å²) in [6, 6.07) is 7.77. The molecule has 0 amide bonds. The minimum Gasteiger partial charge on any atom is -0.453 e. The van der Waals surface area contributed by atoms with Crippen molar-refractivity contribution in [2.24, 2.45) is 0 Å². The van der Waals surface area contributed by atoms with Crippen molar-refractivity contribution in [3.05, 3.63) is 35.6 Å². The van der Waals surface area contributed by atoms with Gasteiger partial charge in [0.05, 0.1) is 0 Å². The molecule has 0 saturated carbocycles. The summed E-state index contributed by atoms with van der Waals surface area (Å²) in [5.74, 6) is 1.41. The van der Waals surface area contributed by atoms with Crippen molar-refractivity contribution in [2.45, 2.75) is 13.3 Å². The van der Waals surface area contributed by atoms with Crippen LogP contribution in [0.25, 0.3) is 11.0 Å². The van der Waals surface area contributed by atoms with Crippen molar-refractivity contribution in [3.63, 3.8) is 0 Å². The van der Waals surface area contributed by atoms with Crippen LogP contribution in [-0.2, 0) is 0 Å². The number of hydrogen-bond donors (Lipinski definition) is 0. The standard InChI is InChI=1S/C13H14O2S/c1-9-3-4-12-10(7-9)8-13(15-12)11(14)5-6-16-2/h3-4,7-8H,5-6H2,1-2H3. The molecule has 0 saturated heterocycles. The van der Waals surface area contributed by atoms with Gasteiger partial charge in [-0.25, -0.2) is 0 Å². The van der Waals surface area contributed by atoms with Crippen LogP contribution < -0.4 is 0 Å². The number of carbonyl (C=O) groups excluding carboxylic acids is 1. The quantitative estimate of drug-likeness (QED) is 0.756. The molecule has 0 atom stereocenters. The average molecular weight is 234 g/mol. The molecule has 0 unspecified atom stereocenters. The first-order valence-corrected chi connectivity index (χ1v) is 6.62. The van der Waals surface area contributed by atoms with Crippen molar-refractivity contribution in [3.8, 4) is 0 Å². The minimum atomic E-state index is 0.0863. The molecule has 3 heteroatoms. The fraction of sp³-hybridized carbons (Fsp3) is 0.308. The summed E-state index contributed by atoms with van der Waals surface area (Å²) in [7, 11) is 0. The second kappa shape index (κ2) is 4.74. The first kappa shape index (κ1) is 11.3. The normalized spacial score (nSPS) is 10.9. The molecule has 16 heavy (non-hydrogen) atoms. The van der Waals surface area contributed by atoms with Crippen LogP contribution in [0.4, 0.5) is 0 Å². The zero-order valence-corrected chi connectivity index (χ0v) is 10.3. The topological polar surface area (TPSA) is 30.2 Å². The minimum absolute atomic E-state index is 0.0863. The van der Waals surface area contributed by atoms with Crippen LogP contribution in [0.1, 0.15) is 22.5 Å². The van der Waals surface area contributed by atoms with Crippen LogP contribution >= 0.6 is 11.8 Å². The van der Waals surface area contributed by atoms with Crippen molar-refractivity contribution < 1.29 is 9.21 Å². The molecule has 0 N–H and O–H groups in total. The van der Waals surface area contributed by atoms with E-state index < -0.39 is 0 Å². The van der Waals surface area contributed by atoms with Crippen molar-refractivity contribution in [1.29, 1.82) is 0 Å². The van der Waals surface area contributed by atoms with E-state index in [0.717, 1.165) is 16.7 Å². The summed E-state index contributed by atoms with van der Waals surface area (Å²) >= 11 is 1.67. The number of Topliss-reactive ketones (excluding diaryl/α,β-unsaturated/α-hetero) is 1. The Morgan fingerprint density at radius 1 is 1.38 bits per heavy atom. The van der Waals surface area contributed by atoms with Gasteiger partial charge in [-0.15, -0.1) is 0 Å². The summed E-state index contributed by atoms with van der Waals surface area (Å²) in [5.41, 5.74) is 1.97. The molecule has 1 heterocycles. The number of fused-ring (bicyclic) bond motifs is 1. The molecule has 0 aliphatic rings. The van der Waals surface area contributed by atoms with Gasteiger partial charge >= 0.3 is 0 Å². The maximum absolute atomic E-state index is 11.8.